The first-order valence-electron chi connectivity index (χ1n) is 10.2. The number of piperazine rings is 1. The highest BCUT2D eigenvalue weighted by Gasteiger charge is 2.32. The van der Waals surface area contributed by atoms with Gasteiger partial charge in [-0.1, -0.05) is 57.2 Å². The van der Waals surface area contributed by atoms with E-state index in [9.17, 15) is 4.79 Å². The molecule has 0 bridgehead atoms. The maximum absolute atomic E-state index is 12.9. The Morgan fingerprint density at radius 2 is 1.75 bits per heavy atom. The summed E-state index contributed by atoms with van der Waals surface area (Å²) >= 11 is 0. The zero-order valence-electron chi connectivity index (χ0n) is 17.3. The fourth-order valence-corrected chi connectivity index (χ4v) is 3.93. The van der Waals surface area contributed by atoms with Crippen molar-refractivity contribution in [2.45, 2.75) is 45.2 Å². The third-order valence-electron chi connectivity index (χ3n) is 5.87. The van der Waals surface area contributed by atoms with Gasteiger partial charge in [0.15, 0.2) is 0 Å². The van der Waals surface area contributed by atoms with Crippen LogP contribution in [0.25, 0.3) is 0 Å². The lowest BCUT2D eigenvalue weighted by Crippen LogP contribution is -2.56. The molecule has 0 spiro atoms. The molecule has 1 fully saturated rings. The van der Waals surface area contributed by atoms with Gasteiger partial charge in [-0.15, -0.1) is 0 Å². The minimum absolute atomic E-state index is 0.0494. The van der Waals surface area contributed by atoms with Gasteiger partial charge in [-0.3, -0.25) is 9.88 Å². The van der Waals surface area contributed by atoms with E-state index in [-0.39, 0.29) is 17.5 Å². The number of carbonyl (C=O) groups excluding carboxylic acids is 1. The van der Waals surface area contributed by atoms with Gasteiger partial charge in [-0.2, -0.15) is 0 Å². The molecule has 5 nitrogen and oxygen atoms in total. The largest absolute Gasteiger partial charge is 0.334 e. The second-order valence-corrected chi connectivity index (χ2v) is 8.08. The highest BCUT2D eigenvalue weighted by molar-refractivity contribution is 5.75. The van der Waals surface area contributed by atoms with Gasteiger partial charge >= 0.3 is 6.03 Å². The number of aromatic nitrogens is 1. The van der Waals surface area contributed by atoms with Gasteiger partial charge in [0.2, 0.25) is 0 Å². The van der Waals surface area contributed by atoms with Gasteiger partial charge in [0, 0.05) is 50.4 Å². The summed E-state index contributed by atoms with van der Waals surface area (Å²) in [6, 6.07) is 16.6. The SMILES string of the molecule is CCC(NC(=O)N1CCN(Cc2ccccn2)CC1)C(C)(C)c1ccccc1. The predicted molar refractivity (Wildman–Crippen MR) is 113 cm³/mol. The normalized spacial score (nSPS) is 16.6. The summed E-state index contributed by atoms with van der Waals surface area (Å²) in [7, 11) is 0. The van der Waals surface area contributed by atoms with Crippen molar-refractivity contribution in [3.63, 3.8) is 0 Å². The van der Waals surface area contributed by atoms with Crippen molar-refractivity contribution < 1.29 is 4.79 Å². The summed E-state index contributed by atoms with van der Waals surface area (Å²) in [5, 5.41) is 3.30. The number of pyridine rings is 1. The first kappa shape index (κ1) is 20.3. The summed E-state index contributed by atoms with van der Waals surface area (Å²) < 4.78 is 0. The van der Waals surface area contributed by atoms with Gasteiger partial charge in [0.25, 0.3) is 0 Å². The third kappa shape index (κ3) is 4.90. The zero-order chi connectivity index (χ0) is 20.0. The Hall–Kier alpha value is -2.40. The van der Waals surface area contributed by atoms with Crippen LogP contribution >= 0.6 is 0 Å². The van der Waals surface area contributed by atoms with Crippen LogP contribution in [0.1, 0.15) is 38.4 Å². The van der Waals surface area contributed by atoms with Gasteiger partial charge in [-0.05, 0) is 24.1 Å². The summed E-state index contributed by atoms with van der Waals surface area (Å²) in [4.78, 5) is 21.6. The molecule has 150 valence electrons. The second kappa shape index (κ2) is 9.20. The van der Waals surface area contributed by atoms with Crippen LogP contribution in [0.3, 0.4) is 0 Å². The number of nitrogens with one attached hydrogen (secondary N) is 1. The van der Waals surface area contributed by atoms with Crippen molar-refractivity contribution in [3.05, 3.63) is 66.0 Å². The molecule has 1 aromatic carbocycles. The number of rotatable bonds is 6. The molecule has 2 heterocycles. The highest BCUT2D eigenvalue weighted by atomic mass is 16.2. The lowest BCUT2D eigenvalue weighted by Gasteiger charge is -2.39. The molecule has 3 rings (SSSR count). The molecule has 2 amide bonds. The average Bonchev–Trinajstić information content (AvgIpc) is 2.73. The molecule has 1 atom stereocenters. The van der Waals surface area contributed by atoms with Crippen molar-refractivity contribution in [2.24, 2.45) is 0 Å². The van der Waals surface area contributed by atoms with Crippen LogP contribution in [-0.2, 0) is 12.0 Å². The van der Waals surface area contributed by atoms with E-state index < -0.39 is 0 Å². The highest BCUT2D eigenvalue weighted by Crippen LogP contribution is 2.28. The lowest BCUT2D eigenvalue weighted by atomic mass is 9.76. The van der Waals surface area contributed by atoms with E-state index in [0.29, 0.717) is 0 Å². The van der Waals surface area contributed by atoms with Crippen LogP contribution in [0.5, 0.6) is 0 Å². The quantitative estimate of drug-likeness (QED) is 0.832. The number of amides is 2. The van der Waals surface area contributed by atoms with Crippen molar-refractivity contribution in [1.82, 2.24) is 20.1 Å². The maximum Gasteiger partial charge on any atom is 0.317 e. The topological polar surface area (TPSA) is 48.5 Å². The number of hydrogen-bond acceptors (Lipinski definition) is 3. The first-order chi connectivity index (χ1) is 13.5. The third-order valence-corrected chi connectivity index (χ3v) is 5.87. The predicted octanol–water partition coefficient (Wildman–Crippen LogP) is 3.67. The number of nitrogens with zero attached hydrogens (tertiary/aromatic N) is 3. The number of benzene rings is 1. The van der Waals surface area contributed by atoms with Crippen LogP contribution < -0.4 is 5.32 Å². The molecule has 1 aliphatic rings. The lowest BCUT2D eigenvalue weighted by molar-refractivity contribution is 0.129. The average molecular weight is 381 g/mol. The Bertz CT molecular complexity index is 740. The Kier molecular flexibility index (Phi) is 6.68. The van der Waals surface area contributed by atoms with Crippen LogP contribution in [0.4, 0.5) is 4.79 Å². The zero-order valence-corrected chi connectivity index (χ0v) is 17.3. The number of hydrogen-bond donors (Lipinski definition) is 1. The first-order valence-corrected chi connectivity index (χ1v) is 10.2. The molecular weight excluding hydrogens is 348 g/mol. The molecule has 0 radical (unpaired) electrons. The molecule has 2 aromatic rings. The maximum atomic E-state index is 12.9. The second-order valence-electron chi connectivity index (χ2n) is 8.08. The number of urea groups is 1. The summed E-state index contributed by atoms with van der Waals surface area (Å²) in [5.41, 5.74) is 2.21. The summed E-state index contributed by atoms with van der Waals surface area (Å²) in [6.45, 7) is 10.7. The molecule has 5 heteroatoms. The van der Waals surface area contributed by atoms with Gasteiger partial charge in [0.05, 0.1) is 5.69 Å². The van der Waals surface area contributed by atoms with E-state index in [1.54, 1.807) is 0 Å². The Labute approximate surface area is 168 Å². The van der Waals surface area contributed by atoms with Crippen molar-refractivity contribution in [1.29, 1.82) is 0 Å². The van der Waals surface area contributed by atoms with E-state index in [4.69, 9.17) is 0 Å². The van der Waals surface area contributed by atoms with E-state index in [1.807, 2.05) is 29.3 Å². The van der Waals surface area contributed by atoms with Gasteiger partial charge < -0.3 is 10.2 Å². The fraction of sp³-hybridized carbons (Fsp3) is 0.478. The summed E-state index contributed by atoms with van der Waals surface area (Å²) in [6.07, 6.45) is 2.73. The van der Waals surface area contributed by atoms with E-state index >= 15 is 0 Å². The van der Waals surface area contributed by atoms with E-state index in [1.165, 1.54) is 5.56 Å². The van der Waals surface area contributed by atoms with Crippen molar-refractivity contribution in [2.75, 3.05) is 26.2 Å². The number of carbonyl (C=O) groups is 1. The molecular formula is C23H32N4O. The monoisotopic (exact) mass is 380 g/mol. The molecule has 1 aromatic heterocycles. The van der Waals surface area contributed by atoms with E-state index in [0.717, 1.165) is 44.8 Å². The minimum Gasteiger partial charge on any atom is -0.334 e. The van der Waals surface area contributed by atoms with E-state index in [2.05, 4.69) is 66.3 Å². The van der Waals surface area contributed by atoms with Crippen LogP contribution in [0, 0.1) is 0 Å². The van der Waals surface area contributed by atoms with Crippen molar-refractivity contribution in [3.8, 4) is 0 Å². The van der Waals surface area contributed by atoms with Crippen LogP contribution in [0.2, 0.25) is 0 Å². The Morgan fingerprint density at radius 1 is 1.07 bits per heavy atom. The molecule has 1 unspecified atom stereocenters. The molecule has 1 N–H and O–H groups in total. The minimum atomic E-state index is -0.119. The molecule has 0 saturated carbocycles. The van der Waals surface area contributed by atoms with Gasteiger partial charge in [0.1, 0.15) is 0 Å². The summed E-state index contributed by atoms with van der Waals surface area (Å²) in [5.74, 6) is 0. The fourth-order valence-electron chi connectivity index (χ4n) is 3.93. The molecule has 28 heavy (non-hydrogen) atoms. The molecule has 1 saturated heterocycles. The van der Waals surface area contributed by atoms with Gasteiger partial charge in [-0.25, -0.2) is 4.79 Å². The molecule has 0 aliphatic carbocycles. The van der Waals surface area contributed by atoms with Crippen LogP contribution in [0.15, 0.2) is 54.7 Å². The molecule has 1 aliphatic heterocycles. The smallest absolute Gasteiger partial charge is 0.317 e. The van der Waals surface area contributed by atoms with Crippen molar-refractivity contribution >= 4 is 6.03 Å². The standard InChI is InChI=1S/C23H32N4O/c1-4-21(23(2,3)19-10-6-5-7-11-19)25-22(28)27-16-14-26(15-17-27)18-20-12-8-9-13-24-20/h5-13,21H,4,14-18H2,1-3H3,(H,25,28). The Morgan fingerprint density at radius 3 is 2.36 bits per heavy atom. The Balaban J connectivity index is 1.54. The van der Waals surface area contributed by atoms with Crippen LogP contribution in [-0.4, -0.2) is 53.0 Å².